The number of hydrogen-bond acceptors (Lipinski definition) is 4. The van der Waals surface area contributed by atoms with Gasteiger partial charge in [0.05, 0.1) is 12.5 Å². The summed E-state index contributed by atoms with van der Waals surface area (Å²) in [7, 11) is 0. The van der Waals surface area contributed by atoms with Crippen molar-refractivity contribution in [2.45, 2.75) is 32.1 Å². The standard InChI is InChI=1S/C11H17IO3S/c12-5-1-2-7-16-10(13)8-9-4-3-6-15-11(9)14/h9H,1-8H2. The van der Waals surface area contributed by atoms with Crippen molar-refractivity contribution in [3.8, 4) is 0 Å². The van der Waals surface area contributed by atoms with Gasteiger partial charge in [-0.25, -0.2) is 0 Å². The molecule has 1 saturated heterocycles. The zero-order chi connectivity index (χ0) is 11.8. The first-order valence-electron chi connectivity index (χ1n) is 5.62. The predicted octanol–water partition coefficient (Wildman–Crippen LogP) is 2.80. The number of ether oxygens (including phenoxy) is 1. The maximum atomic E-state index is 11.6. The number of rotatable bonds is 6. The van der Waals surface area contributed by atoms with Gasteiger partial charge in [-0.15, -0.1) is 0 Å². The molecule has 0 spiro atoms. The Labute approximate surface area is 114 Å². The van der Waals surface area contributed by atoms with Crippen LogP contribution < -0.4 is 0 Å². The van der Waals surface area contributed by atoms with Gasteiger partial charge in [-0.2, -0.15) is 0 Å². The summed E-state index contributed by atoms with van der Waals surface area (Å²) in [4.78, 5) is 22.9. The fraction of sp³-hybridized carbons (Fsp3) is 0.818. The van der Waals surface area contributed by atoms with Crippen LogP contribution in [0.15, 0.2) is 0 Å². The molecule has 1 aliphatic rings. The lowest BCUT2D eigenvalue weighted by Gasteiger charge is -2.19. The quantitative estimate of drug-likeness (QED) is 0.318. The Balaban J connectivity index is 2.15. The zero-order valence-electron chi connectivity index (χ0n) is 9.25. The van der Waals surface area contributed by atoms with E-state index in [0.717, 1.165) is 35.9 Å². The fourth-order valence-corrected chi connectivity index (χ4v) is 3.00. The number of carbonyl (C=O) groups excluding carboxylic acids is 2. The lowest BCUT2D eigenvalue weighted by atomic mass is 9.99. The van der Waals surface area contributed by atoms with Crippen LogP contribution >= 0.6 is 34.4 Å². The highest BCUT2D eigenvalue weighted by Gasteiger charge is 2.26. The number of alkyl halides is 1. The van der Waals surface area contributed by atoms with E-state index in [0.29, 0.717) is 13.0 Å². The summed E-state index contributed by atoms with van der Waals surface area (Å²) in [6, 6.07) is 0. The molecule has 1 aliphatic heterocycles. The second-order valence-corrected chi connectivity index (χ2v) is 6.06. The van der Waals surface area contributed by atoms with Crippen molar-refractivity contribution in [2.75, 3.05) is 16.8 Å². The van der Waals surface area contributed by atoms with Crippen molar-refractivity contribution in [3.05, 3.63) is 0 Å². The number of esters is 1. The van der Waals surface area contributed by atoms with Crippen LogP contribution in [0.2, 0.25) is 0 Å². The molecule has 1 heterocycles. The highest BCUT2D eigenvalue weighted by molar-refractivity contribution is 14.1. The molecule has 16 heavy (non-hydrogen) atoms. The van der Waals surface area contributed by atoms with Crippen LogP contribution in [0.5, 0.6) is 0 Å². The van der Waals surface area contributed by atoms with Crippen molar-refractivity contribution in [1.29, 1.82) is 0 Å². The Kier molecular flexibility index (Phi) is 7.44. The first-order valence-corrected chi connectivity index (χ1v) is 8.13. The average Bonchev–Trinajstić information content (AvgIpc) is 2.28. The molecule has 3 nitrogen and oxygen atoms in total. The number of hydrogen-bond donors (Lipinski definition) is 0. The molecule has 0 aromatic rings. The Morgan fingerprint density at radius 1 is 1.50 bits per heavy atom. The third kappa shape index (κ3) is 5.52. The van der Waals surface area contributed by atoms with Gasteiger partial charge in [0.2, 0.25) is 0 Å². The second-order valence-electron chi connectivity index (χ2n) is 3.83. The normalized spacial score (nSPS) is 20.6. The second kappa shape index (κ2) is 8.33. The minimum atomic E-state index is -0.188. The van der Waals surface area contributed by atoms with Crippen LogP contribution in [0.3, 0.4) is 0 Å². The van der Waals surface area contributed by atoms with Gasteiger partial charge in [0, 0.05) is 12.2 Å². The van der Waals surface area contributed by atoms with Crippen LogP contribution in [0.4, 0.5) is 0 Å². The molecule has 0 saturated carbocycles. The average molecular weight is 356 g/mol. The van der Waals surface area contributed by atoms with E-state index in [1.165, 1.54) is 11.8 Å². The minimum absolute atomic E-state index is 0.136. The van der Waals surface area contributed by atoms with Crippen molar-refractivity contribution in [1.82, 2.24) is 0 Å². The summed E-state index contributed by atoms with van der Waals surface area (Å²) in [5, 5.41) is 0.136. The maximum Gasteiger partial charge on any atom is 0.309 e. The van der Waals surface area contributed by atoms with E-state index >= 15 is 0 Å². The fourth-order valence-electron chi connectivity index (χ4n) is 1.57. The molecule has 1 rings (SSSR count). The molecule has 5 heteroatoms. The monoisotopic (exact) mass is 356 g/mol. The number of halogens is 1. The highest BCUT2D eigenvalue weighted by atomic mass is 127. The van der Waals surface area contributed by atoms with Crippen molar-refractivity contribution in [2.24, 2.45) is 5.92 Å². The summed E-state index contributed by atoms with van der Waals surface area (Å²) in [6.45, 7) is 0.520. The van der Waals surface area contributed by atoms with Crippen LogP contribution in [-0.2, 0) is 14.3 Å². The summed E-state index contributed by atoms with van der Waals surface area (Å²) in [5.74, 6) is 0.509. The minimum Gasteiger partial charge on any atom is -0.465 e. The van der Waals surface area contributed by atoms with E-state index in [4.69, 9.17) is 4.74 Å². The first-order chi connectivity index (χ1) is 7.74. The summed E-state index contributed by atoms with van der Waals surface area (Å²) >= 11 is 3.70. The number of cyclic esters (lactones) is 1. The highest BCUT2D eigenvalue weighted by Crippen LogP contribution is 2.22. The van der Waals surface area contributed by atoms with Gasteiger partial charge >= 0.3 is 5.97 Å². The van der Waals surface area contributed by atoms with E-state index in [9.17, 15) is 9.59 Å². The molecule has 0 aliphatic carbocycles. The molecule has 92 valence electrons. The molecule has 1 fully saturated rings. The molecule has 0 radical (unpaired) electrons. The van der Waals surface area contributed by atoms with Gasteiger partial charge < -0.3 is 4.74 Å². The molecular formula is C11H17IO3S. The first kappa shape index (κ1) is 14.3. The van der Waals surface area contributed by atoms with Crippen LogP contribution in [0.1, 0.15) is 32.1 Å². The number of unbranched alkanes of at least 4 members (excludes halogenated alkanes) is 1. The third-order valence-corrected chi connectivity index (χ3v) is 4.22. The van der Waals surface area contributed by atoms with E-state index in [2.05, 4.69) is 22.6 Å². The van der Waals surface area contributed by atoms with Gasteiger partial charge in [-0.1, -0.05) is 34.4 Å². The summed E-state index contributed by atoms with van der Waals surface area (Å²) in [6.07, 6.45) is 4.29. The molecule has 0 bridgehead atoms. The van der Waals surface area contributed by atoms with Gasteiger partial charge in [0.25, 0.3) is 0 Å². The summed E-state index contributed by atoms with van der Waals surface area (Å²) in [5.41, 5.74) is 0. The Bertz CT molecular complexity index is 245. The number of thioether (sulfide) groups is 1. The molecule has 1 atom stereocenters. The van der Waals surface area contributed by atoms with E-state index in [-0.39, 0.29) is 17.0 Å². The zero-order valence-corrected chi connectivity index (χ0v) is 12.2. The third-order valence-electron chi connectivity index (χ3n) is 2.48. The van der Waals surface area contributed by atoms with E-state index in [1.807, 2.05) is 0 Å². The Hall–Kier alpha value is 0.220. The molecule has 0 amide bonds. The van der Waals surface area contributed by atoms with Crippen molar-refractivity contribution < 1.29 is 14.3 Å². The van der Waals surface area contributed by atoms with Crippen LogP contribution in [0, 0.1) is 5.92 Å². The molecule has 0 aromatic carbocycles. The van der Waals surface area contributed by atoms with Gasteiger partial charge in [0.15, 0.2) is 5.12 Å². The Morgan fingerprint density at radius 3 is 3.00 bits per heavy atom. The molecule has 0 N–H and O–H groups in total. The largest absolute Gasteiger partial charge is 0.465 e. The van der Waals surface area contributed by atoms with E-state index < -0.39 is 0 Å². The summed E-state index contributed by atoms with van der Waals surface area (Å²) < 4.78 is 6.07. The van der Waals surface area contributed by atoms with E-state index in [1.54, 1.807) is 0 Å². The maximum absolute atomic E-state index is 11.6. The topological polar surface area (TPSA) is 43.4 Å². The number of carbonyl (C=O) groups is 2. The van der Waals surface area contributed by atoms with Crippen molar-refractivity contribution >= 4 is 45.4 Å². The predicted molar refractivity (Wildman–Crippen MR) is 73.9 cm³/mol. The molecule has 1 unspecified atom stereocenters. The van der Waals surface area contributed by atoms with Crippen molar-refractivity contribution in [3.63, 3.8) is 0 Å². The van der Waals surface area contributed by atoms with Crippen LogP contribution in [-0.4, -0.2) is 27.9 Å². The Morgan fingerprint density at radius 2 is 2.31 bits per heavy atom. The smallest absolute Gasteiger partial charge is 0.309 e. The lowest BCUT2D eigenvalue weighted by molar-refractivity contribution is -0.153. The lowest BCUT2D eigenvalue weighted by Crippen LogP contribution is -2.25. The van der Waals surface area contributed by atoms with Gasteiger partial charge in [-0.3, -0.25) is 9.59 Å². The van der Waals surface area contributed by atoms with Gasteiger partial charge in [0.1, 0.15) is 0 Å². The molecular weight excluding hydrogens is 339 g/mol. The SMILES string of the molecule is O=C(CC1CCCOC1=O)SCCCCI. The van der Waals surface area contributed by atoms with Gasteiger partial charge in [-0.05, 0) is 30.1 Å². The van der Waals surface area contributed by atoms with Crippen LogP contribution in [0.25, 0.3) is 0 Å². The molecule has 0 aromatic heterocycles.